The molecule has 1 aromatic carbocycles. The van der Waals surface area contributed by atoms with Crippen molar-refractivity contribution in [2.75, 3.05) is 0 Å². The van der Waals surface area contributed by atoms with E-state index in [1.807, 2.05) is 0 Å². The minimum absolute atomic E-state index is 0.108. The van der Waals surface area contributed by atoms with Gasteiger partial charge in [0.1, 0.15) is 0 Å². The van der Waals surface area contributed by atoms with E-state index in [0.717, 1.165) is 12.1 Å². The number of hydrazine groups is 1. The van der Waals surface area contributed by atoms with E-state index in [-0.39, 0.29) is 6.04 Å². The first-order chi connectivity index (χ1) is 10.3. The highest BCUT2D eigenvalue weighted by molar-refractivity contribution is 5.26. The molecular formula is C17H24N4. The molecule has 1 saturated carbocycles. The molecule has 2 aromatic rings. The predicted octanol–water partition coefficient (Wildman–Crippen LogP) is 3.05. The van der Waals surface area contributed by atoms with Crippen molar-refractivity contribution in [3.8, 4) is 0 Å². The second-order valence-corrected chi connectivity index (χ2v) is 6.06. The van der Waals surface area contributed by atoms with Gasteiger partial charge < -0.3 is 0 Å². The molecule has 0 radical (unpaired) electrons. The molecule has 0 spiro atoms. The number of benzene rings is 1. The lowest BCUT2D eigenvalue weighted by atomic mass is 10.0. The summed E-state index contributed by atoms with van der Waals surface area (Å²) in [7, 11) is 0. The average Bonchev–Trinajstić information content (AvgIpc) is 3.15. The SMILES string of the molecule is Cc1cccc(C(Cc2ccn(C3CCCC3)n2)NN)c1. The summed E-state index contributed by atoms with van der Waals surface area (Å²) < 4.78 is 2.14. The van der Waals surface area contributed by atoms with Crippen LogP contribution < -0.4 is 11.3 Å². The van der Waals surface area contributed by atoms with Gasteiger partial charge in [-0.2, -0.15) is 5.10 Å². The Balaban J connectivity index is 1.72. The molecule has 0 amide bonds. The highest BCUT2D eigenvalue weighted by Gasteiger charge is 2.18. The zero-order valence-corrected chi connectivity index (χ0v) is 12.6. The lowest BCUT2D eigenvalue weighted by Gasteiger charge is -2.16. The summed E-state index contributed by atoms with van der Waals surface area (Å²) in [5.41, 5.74) is 6.50. The molecule has 1 unspecified atom stereocenters. The fourth-order valence-corrected chi connectivity index (χ4v) is 3.23. The van der Waals surface area contributed by atoms with Crippen LogP contribution >= 0.6 is 0 Å². The summed E-state index contributed by atoms with van der Waals surface area (Å²) in [6.07, 6.45) is 8.12. The molecule has 1 aliphatic carbocycles. The maximum absolute atomic E-state index is 5.75. The molecule has 1 fully saturated rings. The van der Waals surface area contributed by atoms with Gasteiger partial charge in [-0.05, 0) is 31.4 Å². The maximum atomic E-state index is 5.75. The first kappa shape index (κ1) is 14.3. The highest BCUT2D eigenvalue weighted by Crippen LogP contribution is 2.29. The highest BCUT2D eigenvalue weighted by atomic mass is 15.3. The van der Waals surface area contributed by atoms with Gasteiger partial charge in [0.05, 0.1) is 17.8 Å². The molecule has 3 rings (SSSR count). The van der Waals surface area contributed by atoms with Crippen LogP contribution in [0.4, 0.5) is 0 Å². The summed E-state index contributed by atoms with van der Waals surface area (Å²) in [4.78, 5) is 0. The summed E-state index contributed by atoms with van der Waals surface area (Å²) >= 11 is 0. The first-order valence-corrected chi connectivity index (χ1v) is 7.83. The van der Waals surface area contributed by atoms with Crippen molar-refractivity contribution in [2.24, 2.45) is 5.84 Å². The van der Waals surface area contributed by atoms with E-state index in [2.05, 4.69) is 53.6 Å². The normalized spacial score (nSPS) is 17.2. The molecule has 1 aromatic heterocycles. The van der Waals surface area contributed by atoms with Gasteiger partial charge >= 0.3 is 0 Å². The van der Waals surface area contributed by atoms with Crippen LogP contribution in [0.1, 0.15) is 54.6 Å². The molecule has 112 valence electrons. The van der Waals surface area contributed by atoms with Gasteiger partial charge in [-0.15, -0.1) is 0 Å². The predicted molar refractivity (Wildman–Crippen MR) is 84.7 cm³/mol. The molecule has 1 aliphatic rings. The van der Waals surface area contributed by atoms with E-state index in [0.29, 0.717) is 6.04 Å². The number of aryl methyl sites for hydroxylation is 1. The first-order valence-electron chi connectivity index (χ1n) is 7.83. The smallest absolute Gasteiger partial charge is 0.0644 e. The van der Waals surface area contributed by atoms with Gasteiger partial charge in [-0.3, -0.25) is 16.0 Å². The number of rotatable bonds is 5. The van der Waals surface area contributed by atoms with Crippen molar-refractivity contribution in [1.82, 2.24) is 15.2 Å². The lowest BCUT2D eigenvalue weighted by Crippen LogP contribution is -2.29. The topological polar surface area (TPSA) is 55.9 Å². The van der Waals surface area contributed by atoms with Crippen LogP contribution in [-0.4, -0.2) is 9.78 Å². The largest absolute Gasteiger partial charge is 0.271 e. The van der Waals surface area contributed by atoms with E-state index >= 15 is 0 Å². The fourth-order valence-electron chi connectivity index (χ4n) is 3.23. The molecular weight excluding hydrogens is 260 g/mol. The molecule has 0 bridgehead atoms. The van der Waals surface area contributed by atoms with Crippen molar-refractivity contribution in [2.45, 2.75) is 51.1 Å². The fraction of sp³-hybridized carbons (Fsp3) is 0.471. The molecule has 1 atom stereocenters. The average molecular weight is 284 g/mol. The van der Waals surface area contributed by atoms with Crippen LogP contribution in [0.3, 0.4) is 0 Å². The van der Waals surface area contributed by atoms with E-state index in [1.165, 1.54) is 36.8 Å². The second kappa shape index (κ2) is 6.41. The zero-order chi connectivity index (χ0) is 14.7. The molecule has 4 nitrogen and oxygen atoms in total. The zero-order valence-electron chi connectivity index (χ0n) is 12.6. The lowest BCUT2D eigenvalue weighted by molar-refractivity contribution is 0.457. The standard InChI is InChI=1S/C17H24N4/c1-13-5-4-6-14(11-13)17(19-18)12-15-9-10-21(20-15)16-7-2-3-8-16/h4-6,9-11,16-17,19H,2-3,7-8,12,18H2,1H3. The van der Waals surface area contributed by atoms with Crippen molar-refractivity contribution in [3.05, 3.63) is 53.3 Å². The van der Waals surface area contributed by atoms with E-state index in [4.69, 9.17) is 10.9 Å². The monoisotopic (exact) mass is 284 g/mol. The molecule has 3 N–H and O–H groups in total. The Labute approximate surface area is 126 Å². The summed E-state index contributed by atoms with van der Waals surface area (Å²) in [6.45, 7) is 2.10. The Bertz CT molecular complexity index is 584. The summed E-state index contributed by atoms with van der Waals surface area (Å²) in [5, 5.41) is 4.75. The molecule has 0 aliphatic heterocycles. The minimum atomic E-state index is 0.108. The molecule has 21 heavy (non-hydrogen) atoms. The molecule has 4 heteroatoms. The van der Waals surface area contributed by atoms with Crippen LogP contribution in [0.15, 0.2) is 36.5 Å². The van der Waals surface area contributed by atoms with Gasteiger partial charge in [-0.1, -0.05) is 42.7 Å². The quantitative estimate of drug-likeness (QED) is 0.655. The van der Waals surface area contributed by atoms with Crippen LogP contribution in [-0.2, 0) is 6.42 Å². The van der Waals surface area contributed by atoms with Crippen LogP contribution in [0.2, 0.25) is 0 Å². The Morgan fingerprint density at radius 3 is 2.86 bits per heavy atom. The summed E-state index contributed by atoms with van der Waals surface area (Å²) in [5.74, 6) is 5.75. The molecule has 1 heterocycles. The van der Waals surface area contributed by atoms with Crippen molar-refractivity contribution in [1.29, 1.82) is 0 Å². The van der Waals surface area contributed by atoms with Gasteiger partial charge in [0, 0.05) is 12.6 Å². The van der Waals surface area contributed by atoms with Crippen molar-refractivity contribution >= 4 is 0 Å². The number of nitrogens with two attached hydrogens (primary N) is 1. The van der Waals surface area contributed by atoms with Crippen LogP contribution in [0, 0.1) is 6.92 Å². The number of aromatic nitrogens is 2. The summed E-state index contributed by atoms with van der Waals surface area (Å²) in [6, 6.07) is 11.3. The van der Waals surface area contributed by atoms with Crippen LogP contribution in [0.25, 0.3) is 0 Å². The third-order valence-electron chi connectivity index (χ3n) is 4.42. The van der Waals surface area contributed by atoms with E-state index < -0.39 is 0 Å². The Morgan fingerprint density at radius 2 is 2.14 bits per heavy atom. The third-order valence-corrected chi connectivity index (χ3v) is 4.42. The number of nitrogens with zero attached hydrogens (tertiary/aromatic N) is 2. The van der Waals surface area contributed by atoms with Gasteiger partial charge in [-0.25, -0.2) is 0 Å². The molecule has 0 saturated heterocycles. The number of hydrogen-bond acceptors (Lipinski definition) is 3. The Kier molecular flexibility index (Phi) is 4.36. The van der Waals surface area contributed by atoms with Crippen molar-refractivity contribution in [3.63, 3.8) is 0 Å². The van der Waals surface area contributed by atoms with Crippen LogP contribution in [0.5, 0.6) is 0 Å². The van der Waals surface area contributed by atoms with E-state index in [1.54, 1.807) is 0 Å². The minimum Gasteiger partial charge on any atom is -0.271 e. The Hall–Kier alpha value is -1.65. The number of nitrogens with one attached hydrogen (secondary N) is 1. The second-order valence-electron chi connectivity index (χ2n) is 6.06. The van der Waals surface area contributed by atoms with Gasteiger partial charge in [0.25, 0.3) is 0 Å². The van der Waals surface area contributed by atoms with E-state index in [9.17, 15) is 0 Å². The van der Waals surface area contributed by atoms with Gasteiger partial charge in [0.15, 0.2) is 0 Å². The maximum Gasteiger partial charge on any atom is 0.0644 e. The van der Waals surface area contributed by atoms with Crippen molar-refractivity contribution < 1.29 is 0 Å². The number of hydrogen-bond donors (Lipinski definition) is 2. The Morgan fingerprint density at radius 1 is 1.33 bits per heavy atom. The van der Waals surface area contributed by atoms with Gasteiger partial charge in [0.2, 0.25) is 0 Å². The third kappa shape index (κ3) is 3.34.